The summed E-state index contributed by atoms with van der Waals surface area (Å²) in [6, 6.07) is 21.2. The molecule has 0 heterocycles. The van der Waals surface area contributed by atoms with Gasteiger partial charge in [-0.2, -0.15) is 0 Å². The Labute approximate surface area is 127 Å². The lowest BCUT2D eigenvalue weighted by atomic mass is 9.87. The summed E-state index contributed by atoms with van der Waals surface area (Å²) in [5.41, 5.74) is 7.84. The zero-order valence-electron chi connectivity index (χ0n) is 12.2. The van der Waals surface area contributed by atoms with Gasteiger partial charge < -0.3 is 5.73 Å². The van der Waals surface area contributed by atoms with Gasteiger partial charge in [0.05, 0.1) is 0 Å². The van der Waals surface area contributed by atoms with E-state index in [4.69, 9.17) is 5.73 Å². The first kappa shape index (κ1) is 15.3. The van der Waals surface area contributed by atoms with Crippen LogP contribution in [0.2, 0.25) is 0 Å². The molecule has 21 heavy (non-hydrogen) atoms. The van der Waals surface area contributed by atoms with Gasteiger partial charge in [0.15, 0.2) is 0 Å². The van der Waals surface area contributed by atoms with Crippen LogP contribution in [0.1, 0.15) is 42.7 Å². The molecular weight excluding hydrogens is 258 g/mol. The molecule has 109 valence electrons. The number of benzene rings is 2. The largest absolute Gasteiger partial charge is 0.370 e. The monoisotopic (exact) mass is 280 g/mol. The maximum atomic E-state index is 10.7. The molecule has 0 saturated heterocycles. The summed E-state index contributed by atoms with van der Waals surface area (Å²) in [5.74, 6) is 0.172. The summed E-state index contributed by atoms with van der Waals surface area (Å²) in [4.78, 5) is 10.7. The van der Waals surface area contributed by atoms with Crippen molar-refractivity contribution in [3.63, 3.8) is 0 Å². The highest BCUT2D eigenvalue weighted by Gasteiger charge is 2.13. The highest BCUT2D eigenvalue weighted by atomic mass is 16.1. The Kier molecular flexibility index (Phi) is 6.01. The van der Waals surface area contributed by atoms with Gasteiger partial charge in [-0.1, -0.05) is 60.7 Å². The number of unbranched alkanes of at least 4 members (excludes halogenated alkanes) is 2. The van der Waals surface area contributed by atoms with Gasteiger partial charge in [-0.15, -0.1) is 0 Å². The molecule has 2 N–H and O–H groups in total. The van der Waals surface area contributed by atoms with Crippen molar-refractivity contribution in [1.82, 2.24) is 0 Å². The van der Waals surface area contributed by atoms with Crippen molar-refractivity contribution in [2.45, 2.75) is 31.6 Å². The first-order valence-electron chi connectivity index (χ1n) is 7.47. The predicted octanol–water partition coefficient (Wildman–Crippen LogP) is 4.07. The summed E-state index contributed by atoms with van der Waals surface area (Å²) in [5, 5.41) is 0. The topological polar surface area (TPSA) is 43.1 Å². The summed E-state index contributed by atoms with van der Waals surface area (Å²) >= 11 is 0. The van der Waals surface area contributed by atoms with E-state index < -0.39 is 0 Å². The average molecular weight is 280 g/mol. The number of hydrogen-bond donors (Lipinski definition) is 1. The number of rotatable bonds is 8. The Balaban J connectivity index is 1.99. The third kappa shape index (κ3) is 5.07. The standard InChI is InChI=1S/C19H22NO/c20-19(21)15-9-3-8-14-18(16-10-4-1-5-11-16)17-12-6-2-7-13-17/h1-7,10-13,18H,8-9,14-15H2,(H2,20,21). The molecule has 0 fully saturated rings. The first-order valence-corrected chi connectivity index (χ1v) is 7.47. The number of primary amides is 1. The number of carbonyl (C=O) groups is 1. The van der Waals surface area contributed by atoms with Crippen LogP contribution in [-0.4, -0.2) is 5.91 Å². The lowest BCUT2D eigenvalue weighted by molar-refractivity contribution is -0.118. The molecule has 1 radical (unpaired) electrons. The van der Waals surface area contributed by atoms with Gasteiger partial charge >= 0.3 is 0 Å². The minimum Gasteiger partial charge on any atom is -0.370 e. The zero-order chi connectivity index (χ0) is 14.9. The molecular formula is C19H22NO. The van der Waals surface area contributed by atoms with Gasteiger partial charge in [-0.25, -0.2) is 0 Å². The van der Waals surface area contributed by atoms with Crippen molar-refractivity contribution in [3.8, 4) is 0 Å². The Morgan fingerprint density at radius 2 is 1.43 bits per heavy atom. The fourth-order valence-electron chi connectivity index (χ4n) is 2.57. The molecule has 2 aromatic carbocycles. The SMILES string of the molecule is NC(=O)CC[CH]CCC(c1ccccc1)c1ccccc1. The Morgan fingerprint density at radius 1 is 0.905 bits per heavy atom. The highest BCUT2D eigenvalue weighted by Crippen LogP contribution is 2.29. The van der Waals surface area contributed by atoms with Crippen LogP contribution in [0.3, 0.4) is 0 Å². The molecule has 2 nitrogen and oxygen atoms in total. The van der Waals surface area contributed by atoms with Crippen molar-refractivity contribution >= 4 is 5.91 Å². The van der Waals surface area contributed by atoms with Crippen molar-refractivity contribution in [1.29, 1.82) is 0 Å². The molecule has 0 spiro atoms. The molecule has 0 bridgehead atoms. The van der Waals surface area contributed by atoms with Crippen LogP contribution in [-0.2, 0) is 4.79 Å². The molecule has 0 aromatic heterocycles. The second-order valence-corrected chi connectivity index (χ2v) is 5.24. The molecule has 2 rings (SSSR count). The van der Waals surface area contributed by atoms with E-state index >= 15 is 0 Å². The minimum atomic E-state index is -0.228. The zero-order valence-corrected chi connectivity index (χ0v) is 12.2. The summed E-state index contributed by atoms with van der Waals surface area (Å²) in [7, 11) is 0. The fraction of sp³-hybridized carbons (Fsp3) is 0.263. The second kappa shape index (κ2) is 8.25. The first-order chi connectivity index (χ1) is 10.3. The molecule has 0 aliphatic rings. The minimum absolute atomic E-state index is 0.228. The molecule has 0 atom stereocenters. The van der Waals surface area contributed by atoms with E-state index in [2.05, 4.69) is 55.0 Å². The van der Waals surface area contributed by atoms with E-state index in [0.717, 1.165) is 19.3 Å². The maximum Gasteiger partial charge on any atom is 0.217 e. The van der Waals surface area contributed by atoms with E-state index in [-0.39, 0.29) is 5.91 Å². The van der Waals surface area contributed by atoms with Crippen molar-refractivity contribution in [3.05, 3.63) is 78.2 Å². The van der Waals surface area contributed by atoms with Gasteiger partial charge in [0.1, 0.15) is 0 Å². The van der Waals surface area contributed by atoms with E-state index in [1.54, 1.807) is 0 Å². The molecule has 1 amide bonds. The average Bonchev–Trinajstić information content (AvgIpc) is 2.52. The van der Waals surface area contributed by atoms with Crippen LogP contribution in [0.5, 0.6) is 0 Å². The summed E-state index contributed by atoms with van der Waals surface area (Å²) in [6.07, 6.45) is 5.42. The van der Waals surface area contributed by atoms with Crippen LogP contribution in [0, 0.1) is 6.42 Å². The second-order valence-electron chi connectivity index (χ2n) is 5.24. The highest BCUT2D eigenvalue weighted by molar-refractivity contribution is 5.73. The van der Waals surface area contributed by atoms with E-state index in [0.29, 0.717) is 12.3 Å². The predicted molar refractivity (Wildman–Crippen MR) is 86.7 cm³/mol. The van der Waals surface area contributed by atoms with Crippen LogP contribution in [0.15, 0.2) is 60.7 Å². The number of nitrogens with two attached hydrogens (primary N) is 1. The molecule has 0 aliphatic heterocycles. The van der Waals surface area contributed by atoms with Gasteiger partial charge in [-0.3, -0.25) is 4.79 Å². The van der Waals surface area contributed by atoms with Gasteiger partial charge in [0.25, 0.3) is 0 Å². The third-order valence-electron chi connectivity index (χ3n) is 3.66. The molecule has 2 aromatic rings. The summed E-state index contributed by atoms with van der Waals surface area (Å²) < 4.78 is 0. The molecule has 0 aliphatic carbocycles. The number of carbonyl (C=O) groups excluding carboxylic acids is 1. The van der Waals surface area contributed by atoms with Gasteiger partial charge in [0, 0.05) is 12.3 Å². The van der Waals surface area contributed by atoms with Crippen LogP contribution in [0.4, 0.5) is 0 Å². The normalized spacial score (nSPS) is 10.7. The summed E-state index contributed by atoms with van der Waals surface area (Å²) in [6.45, 7) is 0. The maximum absolute atomic E-state index is 10.7. The Hall–Kier alpha value is -2.09. The lowest BCUT2D eigenvalue weighted by Crippen LogP contribution is -2.09. The molecule has 2 heteroatoms. The van der Waals surface area contributed by atoms with Crippen molar-refractivity contribution in [2.24, 2.45) is 5.73 Å². The molecule has 0 saturated carbocycles. The van der Waals surface area contributed by atoms with E-state index in [9.17, 15) is 4.79 Å². The van der Waals surface area contributed by atoms with Gasteiger partial charge in [0.2, 0.25) is 5.91 Å². The van der Waals surface area contributed by atoms with E-state index in [1.807, 2.05) is 12.1 Å². The quantitative estimate of drug-likeness (QED) is 0.728. The lowest BCUT2D eigenvalue weighted by Gasteiger charge is -2.18. The van der Waals surface area contributed by atoms with Crippen LogP contribution in [0.25, 0.3) is 0 Å². The molecule has 0 unspecified atom stereocenters. The van der Waals surface area contributed by atoms with Gasteiger partial charge in [-0.05, 0) is 36.8 Å². The Morgan fingerprint density at radius 3 is 1.90 bits per heavy atom. The van der Waals surface area contributed by atoms with Crippen LogP contribution < -0.4 is 5.73 Å². The number of amides is 1. The van der Waals surface area contributed by atoms with Crippen LogP contribution >= 0.6 is 0 Å². The fourth-order valence-corrected chi connectivity index (χ4v) is 2.57. The third-order valence-corrected chi connectivity index (χ3v) is 3.66. The Bertz CT molecular complexity index is 497. The van der Waals surface area contributed by atoms with E-state index in [1.165, 1.54) is 11.1 Å². The number of hydrogen-bond acceptors (Lipinski definition) is 1. The smallest absolute Gasteiger partial charge is 0.217 e. The van der Waals surface area contributed by atoms with Crippen molar-refractivity contribution in [2.75, 3.05) is 0 Å². The van der Waals surface area contributed by atoms with Crippen molar-refractivity contribution < 1.29 is 4.79 Å².